The zero-order chi connectivity index (χ0) is 19.7. The normalized spacial score (nSPS) is 14.1. The van der Waals surface area contributed by atoms with E-state index >= 15 is 0 Å². The molecule has 0 radical (unpaired) electrons. The van der Waals surface area contributed by atoms with Crippen molar-refractivity contribution in [3.05, 3.63) is 18.2 Å². The molecule has 2 amide bonds. The summed E-state index contributed by atoms with van der Waals surface area (Å²) in [6.45, 7) is -0.792. The molecule has 0 bridgehead atoms. The Morgan fingerprint density at radius 3 is 2.31 bits per heavy atom. The SMILES string of the molecule is N[C@@H](CCC(=O)O)C(=O)N[C@@H](CO)C(=O)N[C@@H](Cc1cnc[nH]1)C(=O)O. The van der Waals surface area contributed by atoms with Gasteiger partial charge in [-0.3, -0.25) is 14.4 Å². The van der Waals surface area contributed by atoms with Crippen LogP contribution in [0.15, 0.2) is 12.5 Å². The first-order chi connectivity index (χ1) is 12.2. The van der Waals surface area contributed by atoms with Crippen molar-refractivity contribution in [2.45, 2.75) is 37.4 Å². The van der Waals surface area contributed by atoms with Gasteiger partial charge in [0.05, 0.1) is 19.0 Å². The smallest absolute Gasteiger partial charge is 0.326 e. The Bertz CT molecular complexity index is 634. The molecule has 12 nitrogen and oxygen atoms in total. The molecule has 0 aliphatic rings. The van der Waals surface area contributed by atoms with Gasteiger partial charge < -0.3 is 36.7 Å². The van der Waals surface area contributed by atoms with Crippen molar-refractivity contribution in [2.24, 2.45) is 5.73 Å². The molecule has 1 aromatic rings. The first-order valence-electron chi connectivity index (χ1n) is 7.63. The lowest BCUT2D eigenvalue weighted by molar-refractivity contribution is -0.142. The summed E-state index contributed by atoms with van der Waals surface area (Å²) in [7, 11) is 0. The number of carboxylic acid groups (broad SMARTS) is 2. The summed E-state index contributed by atoms with van der Waals surface area (Å²) in [6, 6.07) is -3.93. The molecule has 0 spiro atoms. The molecule has 0 aliphatic carbocycles. The monoisotopic (exact) mass is 371 g/mol. The molecule has 0 aliphatic heterocycles. The van der Waals surface area contributed by atoms with Gasteiger partial charge in [0.25, 0.3) is 0 Å². The van der Waals surface area contributed by atoms with Gasteiger partial charge in [0.2, 0.25) is 11.8 Å². The quantitative estimate of drug-likeness (QED) is 0.214. The maximum Gasteiger partial charge on any atom is 0.326 e. The number of rotatable bonds is 11. The minimum absolute atomic E-state index is 0.0781. The van der Waals surface area contributed by atoms with Crippen molar-refractivity contribution in [1.82, 2.24) is 20.6 Å². The summed E-state index contributed by atoms with van der Waals surface area (Å²) in [5, 5.41) is 31.4. The Morgan fingerprint density at radius 2 is 1.81 bits per heavy atom. The van der Waals surface area contributed by atoms with Crippen molar-refractivity contribution < 1.29 is 34.5 Å². The molecule has 0 saturated carbocycles. The van der Waals surface area contributed by atoms with Gasteiger partial charge >= 0.3 is 11.9 Å². The summed E-state index contributed by atoms with van der Waals surface area (Å²) < 4.78 is 0. The third-order valence-electron chi connectivity index (χ3n) is 3.42. The molecule has 144 valence electrons. The lowest BCUT2D eigenvalue weighted by Gasteiger charge is -2.21. The van der Waals surface area contributed by atoms with E-state index in [1.54, 1.807) is 0 Å². The number of hydrogen-bond acceptors (Lipinski definition) is 7. The lowest BCUT2D eigenvalue weighted by Crippen LogP contribution is -2.56. The van der Waals surface area contributed by atoms with Gasteiger partial charge in [0, 0.05) is 24.7 Å². The van der Waals surface area contributed by atoms with Crippen LogP contribution in [0.1, 0.15) is 18.5 Å². The van der Waals surface area contributed by atoms with Crippen LogP contribution in [0.5, 0.6) is 0 Å². The number of carbonyl (C=O) groups excluding carboxylic acids is 2. The number of hydrogen-bond donors (Lipinski definition) is 7. The minimum Gasteiger partial charge on any atom is -0.481 e. The lowest BCUT2D eigenvalue weighted by atomic mass is 10.1. The molecular weight excluding hydrogens is 350 g/mol. The van der Waals surface area contributed by atoms with Crippen molar-refractivity contribution in [2.75, 3.05) is 6.61 Å². The summed E-state index contributed by atoms with van der Waals surface area (Å²) in [5.41, 5.74) is 5.98. The van der Waals surface area contributed by atoms with Gasteiger partial charge in [-0.25, -0.2) is 9.78 Å². The van der Waals surface area contributed by atoms with Gasteiger partial charge in [-0.1, -0.05) is 0 Å². The Balaban J connectivity index is 2.64. The van der Waals surface area contributed by atoms with Gasteiger partial charge in [-0.05, 0) is 6.42 Å². The number of nitrogens with two attached hydrogens (primary N) is 1. The van der Waals surface area contributed by atoms with Crippen molar-refractivity contribution >= 4 is 23.8 Å². The summed E-state index contributed by atoms with van der Waals surface area (Å²) in [5.74, 6) is -4.19. The Kier molecular flexibility index (Phi) is 8.18. The molecule has 0 fully saturated rings. The first kappa shape index (κ1) is 21.1. The zero-order valence-corrected chi connectivity index (χ0v) is 13.7. The second kappa shape index (κ2) is 10.1. The van der Waals surface area contributed by atoms with E-state index in [1.807, 2.05) is 0 Å². The highest BCUT2D eigenvalue weighted by Crippen LogP contribution is 2.01. The summed E-state index contributed by atoms with van der Waals surface area (Å²) in [4.78, 5) is 52.2. The average Bonchev–Trinajstić information content (AvgIpc) is 3.09. The van der Waals surface area contributed by atoms with Gasteiger partial charge in [-0.15, -0.1) is 0 Å². The number of H-pyrrole nitrogens is 1. The highest BCUT2D eigenvalue weighted by Gasteiger charge is 2.28. The van der Waals surface area contributed by atoms with Crippen LogP contribution < -0.4 is 16.4 Å². The molecule has 1 rings (SSSR count). The summed E-state index contributed by atoms with van der Waals surface area (Å²) >= 11 is 0. The molecule has 1 aromatic heterocycles. The third kappa shape index (κ3) is 6.86. The van der Waals surface area contributed by atoms with E-state index in [0.29, 0.717) is 5.69 Å². The number of nitrogens with one attached hydrogen (secondary N) is 3. The summed E-state index contributed by atoms with van der Waals surface area (Å²) in [6.07, 6.45) is 2.18. The van der Waals surface area contributed by atoms with Crippen LogP contribution >= 0.6 is 0 Å². The maximum atomic E-state index is 12.1. The molecule has 0 aromatic carbocycles. The highest BCUT2D eigenvalue weighted by atomic mass is 16.4. The van der Waals surface area contributed by atoms with Crippen LogP contribution in [0, 0.1) is 0 Å². The fraction of sp³-hybridized carbons (Fsp3) is 0.500. The van der Waals surface area contributed by atoms with Gasteiger partial charge in [0.15, 0.2) is 0 Å². The predicted molar refractivity (Wildman–Crippen MR) is 85.7 cm³/mol. The standard InChI is InChI=1S/C14H21N5O7/c15-8(1-2-11(21)22)12(23)19-10(5-20)13(24)18-9(14(25)26)3-7-4-16-6-17-7/h4,6,8-10,20H,1-3,5,15H2,(H,16,17)(H,18,24)(H,19,23)(H,21,22)(H,25,26)/t8-,9-,10-/m0/s1. The number of imidazole rings is 1. The number of carbonyl (C=O) groups is 4. The zero-order valence-electron chi connectivity index (χ0n) is 13.7. The second-order valence-corrected chi connectivity index (χ2v) is 5.46. The number of aliphatic carboxylic acids is 2. The second-order valence-electron chi connectivity index (χ2n) is 5.46. The maximum absolute atomic E-state index is 12.1. The average molecular weight is 371 g/mol. The van der Waals surface area contributed by atoms with Crippen LogP contribution in [0.2, 0.25) is 0 Å². The van der Waals surface area contributed by atoms with Crippen LogP contribution in [-0.2, 0) is 25.6 Å². The van der Waals surface area contributed by atoms with Gasteiger partial charge in [-0.2, -0.15) is 0 Å². The van der Waals surface area contributed by atoms with E-state index in [0.717, 1.165) is 0 Å². The highest BCUT2D eigenvalue weighted by molar-refractivity contribution is 5.92. The van der Waals surface area contributed by atoms with Crippen LogP contribution in [0.25, 0.3) is 0 Å². The van der Waals surface area contributed by atoms with E-state index in [9.17, 15) is 29.4 Å². The van der Waals surface area contributed by atoms with E-state index in [4.69, 9.17) is 10.8 Å². The molecule has 12 heteroatoms. The Hall–Kier alpha value is -2.99. The number of aliphatic hydroxyl groups is 1. The number of aromatic nitrogens is 2. The molecule has 26 heavy (non-hydrogen) atoms. The van der Waals surface area contributed by atoms with E-state index in [-0.39, 0.29) is 19.3 Å². The number of amides is 2. The van der Waals surface area contributed by atoms with Gasteiger partial charge in [0.1, 0.15) is 12.1 Å². The Morgan fingerprint density at radius 1 is 1.15 bits per heavy atom. The predicted octanol–water partition coefficient (Wildman–Crippen LogP) is -2.81. The third-order valence-corrected chi connectivity index (χ3v) is 3.42. The molecule has 3 atom stereocenters. The Labute approximate surface area is 147 Å². The number of aromatic amines is 1. The molecular formula is C14H21N5O7. The van der Waals surface area contributed by atoms with E-state index < -0.39 is 48.5 Å². The number of aliphatic hydroxyl groups excluding tert-OH is 1. The van der Waals surface area contributed by atoms with Crippen LogP contribution in [0.3, 0.4) is 0 Å². The minimum atomic E-state index is -1.43. The van der Waals surface area contributed by atoms with Crippen molar-refractivity contribution in [1.29, 1.82) is 0 Å². The van der Waals surface area contributed by atoms with E-state index in [1.165, 1.54) is 12.5 Å². The molecule has 0 saturated heterocycles. The molecule has 1 heterocycles. The topological polar surface area (TPSA) is 208 Å². The first-order valence-corrected chi connectivity index (χ1v) is 7.63. The fourth-order valence-corrected chi connectivity index (χ4v) is 1.97. The van der Waals surface area contributed by atoms with Crippen LogP contribution in [-0.4, -0.2) is 73.8 Å². The molecule has 8 N–H and O–H groups in total. The number of carboxylic acids is 2. The number of nitrogens with zero attached hydrogens (tertiary/aromatic N) is 1. The fourth-order valence-electron chi connectivity index (χ4n) is 1.97. The van der Waals surface area contributed by atoms with Crippen molar-refractivity contribution in [3.8, 4) is 0 Å². The van der Waals surface area contributed by atoms with Crippen LogP contribution in [0.4, 0.5) is 0 Å². The molecule has 0 unspecified atom stereocenters. The largest absolute Gasteiger partial charge is 0.481 e. The van der Waals surface area contributed by atoms with Crippen molar-refractivity contribution in [3.63, 3.8) is 0 Å². The van der Waals surface area contributed by atoms with E-state index in [2.05, 4.69) is 20.6 Å².